The van der Waals surface area contributed by atoms with Crippen molar-refractivity contribution >= 4 is 27.5 Å². The quantitative estimate of drug-likeness (QED) is 0.696. The van der Waals surface area contributed by atoms with Crippen molar-refractivity contribution in [3.05, 3.63) is 58.6 Å². The van der Waals surface area contributed by atoms with Crippen LogP contribution in [0.1, 0.15) is 47.3 Å². The monoisotopic (exact) mass is 364 g/mol. The number of amides is 1. The minimum atomic E-state index is 0.0968. The summed E-state index contributed by atoms with van der Waals surface area (Å²) >= 11 is 1.72. The molecule has 0 saturated heterocycles. The molecule has 3 atom stereocenters. The molecule has 2 heterocycles. The van der Waals surface area contributed by atoms with Crippen LogP contribution < -0.4 is 5.32 Å². The number of hydrogen-bond donors (Lipinski definition) is 1. The molecule has 26 heavy (non-hydrogen) atoms. The number of rotatable bonds is 4. The van der Waals surface area contributed by atoms with Crippen LogP contribution in [0.15, 0.2) is 41.8 Å². The van der Waals surface area contributed by atoms with E-state index >= 15 is 0 Å². The van der Waals surface area contributed by atoms with Crippen molar-refractivity contribution in [2.24, 2.45) is 11.8 Å². The third-order valence-electron chi connectivity index (χ3n) is 6.38. The SMILES string of the molecule is Cc1ccccc1Cn1c(C(=O)NC2CC3CCC2C3)cc2ccsc21. The summed E-state index contributed by atoms with van der Waals surface area (Å²) in [5, 5.41) is 6.64. The van der Waals surface area contributed by atoms with Gasteiger partial charge in [0.1, 0.15) is 10.5 Å². The Kier molecular flexibility index (Phi) is 3.89. The molecule has 2 saturated carbocycles. The molecule has 1 aromatic carbocycles. The molecule has 1 amide bonds. The van der Waals surface area contributed by atoms with Gasteiger partial charge in [0.05, 0.1) is 0 Å². The smallest absolute Gasteiger partial charge is 0.268 e. The molecule has 0 radical (unpaired) electrons. The number of benzene rings is 1. The highest BCUT2D eigenvalue weighted by Gasteiger charge is 2.40. The van der Waals surface area contributed by atoms with Gasteiger partial charge in [0.15, 0.2) is 0 Å². The number of carbonyl (C=O) groups is 1. The van der Waals surface area contributed by atoms with Gasteiger partial charge in [-0.15, -0.1) is 11.3 Å². The van der Waals surface area contributed by atoms with E-state index in [0.717, 1.165) is 18.2 Å². The second kappa shape index (κ2) is 6.27. The van der Waals surface area contributed by atoms with E-state index < -0.39 is 0 Å². The van der Waals surface area contributed by atoms with Crippen LogP contribution in [0, 0.1) is 18.8 Å². The van der Waals surface area contributed by atoms with Gasteiger partial charge in [-0.1, -0.05) is 30.7 Å². The van der Waals surface area contributed by atoms with E-state index in [1.54, 1.807) is 11.3 Å². The Balaban J connectivity index is 1.46. The zero-order valence-electron chi connectivity index (χ0n) is 15.1. The van der Waals surface area contributed by atoms with E-state index in [1.807, 2.05) is 0 Å². The summed E-state index contributed by atoms with van der Waals surface area (Å²) in [6.45, 7) is 2.88. The Bertz CT molecular complexity index is 970. The van der Waals surface area contributed by atoms with Crippen LogP contribution >= 0.6 is 11.3 Å². The van der Waals surface area contributed by atoms with Crippen molar-refractivity contribution in [1.29, 1.82) is 0 Å². The third-order valence-corrected chi connectivity index (χ3v) is 7.33. The molecule has 3 nitrogen and oxygen atoms in total. The van der Waals surface area contributed by atoms with Gasteiger partial charge in [0, 0.05) is 18.0 Å². The highest BCUT2D eigenvalue weighted by atomic mass is 32.1. The number of carbonyl (C=O) groups excluding carboxylic acids is 1. The molecule has 1 N–H and O–H groups in total. The van der Waals surface area contributed by atoms with Crippen molar-refractivity contribution < 1.29 is 4.79 Å². The van der Waals surface area contributed by atoms with Gasteiger partial charge in [0.25, 0.3) is 5.91 Å². The lowest BCUT2D eigenvalue weighted by molar-refractivity contribution is 0.0914. The first-order chi connectivity index (χ1) is 12.7. The molecule has 3 unspecified atom stereocenters. The van der Waals surface area contributed by atoms with Gasteiger partial charge in [-0.25, -0.2) is 0 Å². The summed E-state index contributed by atoms with van der Waals surface area (Å²) < 4.78 is 2.20. The third kappa shape index (κ3) is 2.67. The van der Waals surface area contributed by atoms with Crippen LogP contribution in [0.2, 0.25) is 0 Å². The van der Waals surface area contributed by atoms with Crippen LogP contribution in [0.3, 0.4) is 0 Å². The summed E-state index contributed by atoms with van der Waals surface area (Å²) in [6.07, 6.45) is 5.12. The highest BCUT2D eigenvalue weighted by Crippen LogP contribution is 2.44. The molecule has 3 aromatic rings. The normalized spacial score (nSPS) is 24.4. The molecular weight excluding hydrogens is 340 g/mol. The Morgan fingerprint density at radius 3 is 2.88 bits per heavy atom. The van der Waals surface area contributed by atoms with E-state index in [2.05, 4.69) is 58.6 Å². The van der Waals surface area contributed by atoms with Gasteiger partial charge in [-0.05, 0) is 66.7 Å². The molecule has 2 aliphatic carbocycles. The maximum absolute atomic E-state index is 13.1. The average Bonchev–Trinajstić information content (AvgIpc) is 3.38. The zero-order valence-corrected chi connectivity index (χ0v) is 15.9. The van der Waals surface area contributed by atoms with Crippen molar-refractivity contribution in [3.63, 3.8) is 0 Å². The first-order valence-corrected chi connectivity index (χ1v) is 10.5. The van der Waals surface area contributed by atoms with E-state index in [1.165, 1.54) is 47.0 Å². The van der Waals surface area contributed by atoms with Crippen molar-refractivity contribution in [3.8, 4) is 0 Å². The Morgan fingerprint density at radius 1 is 1.23 bits per heavy atom. The molecule has 134 valence electrons. The molecular formula is C22H24N2OS. The van der Waals surface area contributed by atoms with Gasteiger partial charge < -0.3 is 9.88 Å². The van der Waals surface area contributed by atoms with Crippen LogP contribution in [0.5, 0.6) is 0 Å². The van der Waals surface area contributed by atoms with Crippen LogP contribution in [-0.2, 0) is 6.54 Å². The fourth-order valence-corrected chi connectivity index (χ4v) is 5.84. The lowest BCUT2D eigenvalue weighted by Crippen LogP contribution is -2.39. The van der Waals surface area contributed by atoms with Gasteiger partial charge >= 0.3 is 0 Å². The van der Waals surface area contributed by atoms with Crippen LogP contribution in [0.4, 0.5) is 0 Å². The fraction of sp³-hybridized carbons (Fsp3) is 0.409. The molecule has 4 heteroatoms. The first kappa shape index (κ1) is 16.1. The van der Waals surface area contributed by atoms with Crippen LogP contribution in [0.25, 0.3) is 10.2 Å². The topological polar surface area (TPSA) is 34.0 Å². The number of hydrogen-bond acceptors (Lipinski definition) is 2. The highest BCUT2D eigenvalue weighted by molar-refractivity contribution is 7.16. The summed E-state index contributed by atoms with van der Waals surface area (Å²) in [5.41, 5.74) is 3.34. The first-order valence-electron chi connectivity index (χ1n) is 9.61. The number of nitrogens with zero attached hydrogens (tertiary/aromatic N) is 1. The van der Waals surface area contributed by atoms with E-state index in [4.69, 9.17) is 0 Å². The van der Waals surface area contributed by atoms with Gasteiger partial charge in [0.2, 0.25) is 0 Å². The van der Waals surface area contributed by atoms with Crippen molar-refractivity contribution in [2.75, 3.05) is 0 Å². The summed E-state index contributed by atoms with van der Waals surface area (Å²) in [4.78, 5) is 14.3. The molecule has 0 aliphatic heterocycles. The Morgan fingerprint density at radius 2 is 2.12 bits per heavy atom. The Labute approximate surface area is 158 Å². The predicted octanol–water partition coefficient (Wildman–Crippen LogP) is 4.98. The minimum absolute atomic E-state index is 0.0968. The maximum atomic E-state index is 13.1. The van der Waals surface area contributed by atoms with E-state index in [0.29, 0.717) is 12.0 Å². The van der Waals surface area contributed by atoms with E-state index in [9.17, 15) is 4.79 Å². The summed E-state index contributed by atoms with van der Waals surface area (Å²) in [7, 11) is 0. The number of aryl methyl sites for hydroxylation is 1. The molecule has 2 aliphatic rings. The largest absolute Gasteiger partial charge is 0.348 e. The molecule has 5 rings (SSSR count). The molecule has 2 fully saturated rings. The second-order valence-electron chi connectivity index (χ2n) is 7.98. The zero-order chi connectivity index (χ0) is 17.7. The number of fused-ring (bicyclic) bond motifs is 3. The average molecular weight is 365 g/mol. The maximum Gasteiger partial charge on any atom is 0.268 e. The number of thiophene rings is 1. The van der Waals surface area contributed by atoms with Gasteiger partial charge in [-0.2, -0.15) is 0 Å². The standard InChI is InChI=1S/C22H24N2OS/c1-14-4-2-3-5-18(14)13-24-20(12-17-8-9-26-22(17)24)21(25)23-19-11-15-6-7-16(19)10-15/h2-5,8-9,12,15-16,19H,6-7,10-11,13H2,1H3,(H,23,25). The molecule has 2 bridgehead atoms. The predicted molar refractivity (Wildman–Crippen MR) is 107 cm³/mol. The van der Waals surface area contributed by atoms with Crippen LogP contribution in [-0.4, -0.2) is 16.5 Å². The van der Waals surface area contributed by atoms with E-state index in [-0.39, 0.29) is 5.91 Å². The lowest BCUT2D eigenvalue weighted by Gasteiger charge is -2.23. The summed E-state index contributed by atoms with van der Waals surface area (Å²) in [5.74, 6) is 1.64. The Hall–Kier alpha value is -2.07. The second-order valence-corrected chi connectivity index (χ2v) is 8.87. The molecule has 0 spiro atoms. The number of nitrogens with one attached hydrogen (secondary N) is 1. The fourth-order valence-electron chi connectivity index (χ4n) is 4.94. The lowest BCUT2D eigenvalue weighted by atomic mass is 9.95. The summed E-state index contributed by atoms with van der Waals surface area (Å²) in [6, 6.07) is 13.0. The molecule has 2 aromatic heterocycles. The minimum Gasteiger partial charge on any atom is -0.348 e. The van der Waals surface area contributed by atoms with Crippen molar-refractivity contribution in [2.45, 2.75) is 45.2 Å². The van der Waals surface area contributed by atoms with Crippen molar-refractivity contribution in [1.82, 2.24) is 9.88 Å². The van der Waals surface area contributed by atoms with Gasteiger partial charge in [-0.3, -0.25) is 4.79 Å². The number of aromatic nitrogens is 1.